The first-order chi connectivity index (χ1) is 15.7. The molecule has 0 saturated heterocycles. The molecular formula is C18H24F12I2O3-2. The first-order valence-corrected chi connectivity index (χ1v) is 17.0. The fraction of sp³-hybridized carbons (Fsp3) is 1.00. The average Bonchev–Trinajstić information content (AvgIpc) is 2.69. The van der Waals surface area contributed by atoms with Gasteiger partial charge in [0.1, 0.15) is 0 Å². The SMILES string of the molecule is C[I-]CC(OCCOC(C1CCC(C(O)(C(F)(F)F)C(F)(F)F)CC1)(C(F)(F)F)C(F)(F)F)[I-]C. The number of hydrogen-bond acceptors (Lipinski definition) is 3. The Bertz CT molecular complexity index is 627. The van der Waals surface area contributed by atoms with Gasteiger partial charge in [-0.2, -0.15) is 26.3 Å². The van der Waals surface area contributed by atoms with Crippen LogP contribution < -0.4 is 42.4 Å². The third-order valence-electron chi connectivity index (χ3n) is 5.83. The Balaban J connectivity index is 3.18. The predicted octanol–water partition coefficient (Wildman–Crippen LogP) is -0.691. The van der Waals surface area contributed by atoms with Crippen LogP contribution in [0.25, 0.3) is 0 Å². The van der Waals surface area contributed by atoms with E-state index in [1.54, 1.807) is 0 Å². The van der Waals surface area contributed by atoms with Gasteiger partial charge in [-0.3, -0.25) is 0 Å². The molecule has 0 spiro atoms. The maximum absolute atomic E-state index is 13.9. The molecular weight excluding hydrogens is 746 g/mol. The zero-order valence-corrected chi connectivity index (χ0v) is 22.6. The van der Waals surface area contributed by atoms with Gasteiger partial charge in [0.05, 0.1) is 0 Å². The van der Waals surface area contributed by atoms with Gasteiger partial charge in [-0.15, -0.1) is 0 Å². The molecule has 0 amide bonds. The normalized spacial score (nSPS) is 22.6. The average molecular weight is 770 g/mol. The maximum atomic E-state index is 13.9. The predicted molar refractivity (Wildman–Crippen MR) is 89.8 cm³/mol. The van der Waals surface area contributed by atoms with Crippen molar-refractivity contribution < 1.29 is 110 Å². The summed E-state index contributed by atoms with van der Waals surface area (Å²) >= 11 is -0.753. The summed E-state index contributed by atoms with van der Waals surface area (Å²) < 4.78 is 172. The monoisotopic (exact) mass is 770 g/mol. The molecule has 0 aromatic rings. The number of rotatable bonds is 10. The van der Waals surface area contributed by atoms with E-state index < -0.39 is 108 Å². The summed E-state index contributed by atoms with van der Waals surface area (Å²) in [6.07, 6.45) is -30.0. The molecule has 1 rings (SSSR count). The van der Waals surface area contributed by atoms with Gasteiger partial charge < -0.3 is 0 Å². The van der Waals surface area contributed by atoms with E-state index in [4.69, 9.17) is 4.74 Å². The van der Waals surface area contributed by atoms with Crippen LogP contribution in [0.2, 0.25) is 0 Å². The molecule has 0 aromatic carbocycles. The number of aliphatic hydroxyl groups is 1. The van der Waals surface area contributed by atoms with Crippen LogP contribution in [-0.2, 0) is 9.47 Å². The van der Waals surface area contributed by atoms with E-state index in [0.717, 1.165) is 0 Å². The van der Waals surface area contributed by atoms with Crippen LogP contribution in [0.15, 0.2) is 0 Å². The van der Waals surface area contributed by atoms with Crippen molar-refractivity contribution in [3.8, 4) is 0 Å². The van der Waals surface area contributed by atoms with Gasteiger partial charge in [-0.1, -0.05) is 0 Å². The van der Waals surface area contributed by atoms with Gasteiger partial charge >= 0.3 is 188 Å². The van der Waals surface area contributed by atoms with Crippen molar-refractivity contribution in [3.05, 3.63) is 0 Å². The Morgan fingerprint density at radius 3 is 1.49 bits per heavy atom. The molecule has 1 aliphatic rings. The van der Waals surface area contributed by atoms with E-state index >= 15 is 0 Å². The number of hydrogen-bond donors (Lipinski definition) is 1. The van der Waals surface area contributed by atoms with Crippen molar-refractivity contribution in [1.29, 1.82) is 0 Å². The minimum atomic E-state index is -6.24. The summed E-state index contributed by atoms with van der Waals surface area (Å²) in [6, 6.07) is 0. The quantitative estimate of drug-likeness (QED) is 0.139. The van der Waals surface area contributed by atoms with Crippen molar-refractivity contribution in [3.63, 3.8) is 0 Å². The van der Waals surface area contributed by atoms with E-state index in [2.05, 4.69) is 4.74 Å². The second kappa shape index (κ2) is 12.1. The molecule has 17 heteroatoms. The van der Waals surface area contributed by atoms with Gasteiger partial charge in [0.2, 0.25) is 0 Å². The number of ether oxygens (including phenoxy) is 2. The summed E-state index contributed by atoms with van der Waals surface area (Å²) in [5.74, 6) is -5.19. The van der Waals surface area contributed by atoms with E-state index in [1.165, 1.54) is 0 Å². The Morgan fingerprint density at radius 1 is 0.714 bits per heavy atom. The molecule has 1 aliphatic carbocycles. The van der Waals surface area contributed by atoms with Crippen molar-refractivity contribution in [2.75, 3.05) is 27.5 Å². The third-order valence-corrected chi connectivity index (χ3v) is 11.4. The summed E-state index contributed by atoms with van der Waals surface area (Å²) in [5, 5.41) is 9.47. The molecule has 1 N–H and O–H groups in total. The van der Waals surface area contributed by atoms with Crippen LogP contribution in [0.3, 0.4) is 0 Å². The molecule has 1 saturated carbocycles. The minimum absolute atomic E-state index is 0.244. The molecule has 0 heterocycles. The van der Waals surface area contributed by atoms with Gasteiger partial charge in [0.25, 0.3) is 0 Å². The van der Waals surface area contributed by atoms with Crippen LogP contribution in [-0.4, -0.2) is 72.6 Å². The Kier molecular flexibility index (Phi) is 11.6. The topological polar surface area (TPSA) is 38.7 Å². The third kappa shape index (κ3) is 7.13. The second-order valence-electron chi connectivity index (χ2n) is 7.81. The molecule has 1 fully saturated rings. The first-order valence-electron chi connectivity index (χ1n) is 9.87. The van der Waals surface area contributed by atoms with E-state index in [-0.39, 0.29) is 25.3 Å². The van der Waals surface area contributed by atoms with Crippen LogP contribution in [0.4, 0.5) is 52.7 Å². The molecule has 1 unspecified atom stereocenters. The van der Waals surface area contributed by atoms with Crippen LogP contribution in [0, 0.1) is 11.8 Å². The van der Waals surface area contributed by atoms with E-state index in [0.29, 0.717) is 4.43 Å². The number of halogens is 14. The first kappa shape index (κ1) is 33.5. The molecule has 3 nitrogen and oxygen atoms in total. The summed E-state index contributed by atoms with van der Waals surface area (Å²) in [5.41, 5.74) is -10.1. The fourth-order valence-corrected chi connectivity index (χ4v) is 10.5. The van der Waals surface area contributed by atoms with Gasteiger partial charge in [0.15, 0.2) is 0 Å². The molecule has 0 aromatic heterocycles. The standard InChI is InChI=1S/C18H24F12I2O3/c1-31-9-12(32-2)34-7-8-35-14(17(25,26)27,18(28,29)30)11-5-3-10(4-6-11)13(33,15(19,20)21)16(22,23)24/h10-12,33H,3-9H2,1-2H3/q-2. The van der Waals surface area contributed by atoms with Crippen molar-refractivity contribution >= 4 is 0 Å². The molecule has 0 aliphatic heterocycles. The Morgan fingerprint density at radius 2 is 1.14 bits per heavy atom. The summed E-state index contributed by atoms with van der Waals surface area (Å²) in [6.45, 7) is -1.72. The second-order valence-corrected chi connectivity index (χ2v) is 12.9. The fourth-order valence-electron chi connectivity index (χ4n) is 4.11. The molecule has 35 heavy (non-hydrogen) atoms. The van der Waals surface area contributed by atoms with Crippen molar-refractivity contribution in [1.82, 2.24) is 0 Å². The number of alkyl halides is 16. The summed E-state index contributed by atoms with van der Waals surface area (Å²) in [4.78, 5) is 3.74. The van der Waals surface area contributed by atoms with Gasteiger partial charge in [-0.25, -0.2) is 0 Å². The zero-order valence-electron chi connectivity index (χ0n) is 18.2. The van der Waals surface area contributed by atoms with Gasteiger partial charge in [-0.05, 0) is 0 Å². The molecule has 1 atom stereocenters. The van der Waals surface area contributed by atoms with Crippen LogP contribution >= 0.6 is 0 Å². The zero-order chi connectivity index (χ0) is 27.5. The van der Waals surface area contributed by atoms with E-state index in [1.807, 2.05) is 9.86 Å². The molecule has 214 valence electrons. The van der Waals surface area contributed by atoms with Crippen molar-refractivity contribution in [2.24, 2.45) is 11.8 Å². The Labute approximate surface area is 214 Å². The Hall–Kier alpha value is 0.500. The van der Waals surface area contributed by atoms with Gasteiger partial charge in [0, 0.05) is 0 Å². The van der Waals surface area contributed by atoms with Crippen molar-refractivity contribution in [2.45, 2.75) is 65.7 Å². The molecule has 0 radical (unpaired) electrons. The summed E-state index contributed by atoms with van der Waals surface area (Å²) in [7, 11) is 0. The van der Waals surface area contributed by atoms with Crippen LogP contribution in [0.5, 0.6) is 0 Å². The molecule has 0 bridgehead atoms. The van der Waals surface area contributed by atoms with Crippen LogP contribution in [0.1, 0.15) is 25.7 Å². The van der Waals surface area contributed by atoms with E-state index in [9.17, 15) is 57.8 Å².